The molecule has 0 amide bonds. The average Bonchev–Trinajstić information content (AvgIpc) is 2.52. The summed E-state index contributed by atoms with van der Waals surface area (Å²) in [6, 6.07) is 15.3. The second kappa shape index (κ2) is 5.08. The number of fused-ring (bicyclic) bond motifs is 2. The first kappa shape index (κ1) is 12.7. The van der Waals surface area contributed by atoms with Crippen LogP contribution in [0.25, 0.3) is 0 Å². The lowest BCUT2D eigenvalue weighted by Crippen LogP contribution is -2.31. The molecule has 2 aromatic carbocycles. The number of hydrogen-bond donors (Lipinski definition) is 1. The molecule has 0 spiro atoms. The standard InChI is InChI=1S/C18H19NO2/c1-19-18(15-10-12-4-2-3-5-14(12)15)13-6-7-16-17(11-13)21-9-8-20-16/h2-7,11,15,18-19H,8-10H2,1H3. The molecule has 2 aromatic rings. The van der Waals surface area contributed by atoms with Gasteiger partial charge in [-0.1, -0.05) is 30.3 Å². The van der Waals surface area contributed by atoms with E-state index in [1.807, 2.05) is 13.1 Å². The predicted molar refractivity (Wildman–Crippen MR) is 82.1 cm³/mol. The first-order chi connectivity index (χ1) is 10.4. The maximum Gasteiger partial charge on any atom is 0.161 e. The lowest BCUT2D eigenvalue weighted by molar-refractivity contribution is 0.171. The second-order valence-corrected chi connectivity index (χ2v) is 5.68. The fourth-order valence-electron chi connectivity index (χ4n) is 3.45. The number of hydrogen-bond acceptors (Lipinski definition) is 3. The Morgan fingerprint density at radius 2 is 1.86 bits per heavy atom. The van der Waals surface area contributed by atoms with Gasteiger partial charge in [-0.05, 0) is 42.3 Å². The van der Waals surface area contributed by atoms with Crippen molar-refractivity contribution in [3.63, 3.8) is 0 Å². The highest BCUT2D eigenvalue weighted by atomic mass is 16.6. The summed E-state index contributed by atoms with van der Waals surface area (Å²) in [6.07, 6.45) is 1.14. The molecule has 0 saturated carbocycles. The van der Waals surface area contributed by atoms with Crippen molar-refractivity contribution >= 4 is 0 Å². The van der Waals surface area contributed by atoms with Crippen molar-refractivity contribution < 1.29 is 9.47 Å². The fourth-order valence-corrected chi connectivity index (χ4v) is 3.45. The SMILES string of the molecule is CNC(c1ccc2c(c1)OCCO2)C1Cc2ccccc21. The Morgan fingerprint density at radius 3 is 2.67 bits per heavy atom. The summed E-state index contributed by atoms with van der Waals surface area (Å²) in [7, 11) is 2.03. The van der Waals surface area contributed by atoms with E-state index in [0.29, 0.717) is 25.2 Å². The summed E-state index contributed by atoms with van der Waals surface area (Å²) in [5.74, 6) is 2.26. The quantitative estimate of drug-likeness (QED) is 0.938. The molecule has 1 aliphatic heterocycles. The lowest BCUT2D eigenvalue weighted by atomic mass is 9.72. The lowest BCUT2D eigenvalue weighted by Gasteiger charge is -2.37. The van der Waals surface area contributed by atoms with Crippen molar-refractivity contribution in [2.45, 2.75) is 18.4 Å². The molecule has 0 fully saturated rings. The van der Waals surface area contributed by atoms with E-state index in [0.717, 1.165) is 17.9 Å². The molecule has 3 nitrogen and oxygen atoms in total. The molecule has 1 N–H and O–H groups in total. The molecule has 3 heteroatoms. The Hall–Kier alpha value is -2.00. The van der Waals surface area contributed by atoms with Gasteiger partial charge in [0.1, 0.15) is 13.2 Å². The topological polar surface area (TPSA) is 30.5 Å². The van der Waals surface area contributed by atoms with Crippen molar-refractivity contribution in [2.75, 3.05) is 20.3 Å². The van der Waals surface area contributed by atoms with Crippen LogP contribution in [0.4, 0.5) is 0 Å². The maximum absolute atomic E-state index is 5.71. The zero-order chi connectivity index (χ0) is 14.2. The van der Waals surface area contributed by atoms with Gasteiger partial charge < -0.3 is 14.8 Å². The molecule has 21 heavy (non-hydrogen) atoms. The van der Waals surface area contributed by atoms with Crippen molar-refractivity contribution in [2.24, 2.45) is 0 Å². The van der Waals surface area contributed by atoms with Gasteiger partial charge in [-0.2, -0.15) is 0 Å². The van der Waals surface area contributed by atoms with E-state index in [9.17, 15) is 0 Å². The Morgan fingerprint density at radius 1 is 1.05 bits per heavy atom. The van der Waals surface area contributed by atoms with Gasteiger partial charge in [-0.15, -0.1) is 0 Å². The molecule has 0 aromatic heterocycles. The molecule has 2 atom stereocenters. The molecule has 2 aliphatic rings. The minimum absolute atomic E-state index is 0.315. The van der Waals surface area contributed by atoms with E-state index in [1.54, 1.807) is 0 Å². The summed E-state index contributed by atoms with van der Waals surface area (Å²) in [6.45, 7) is 1.27. The predicted octanol–water partition coefficient (Wildman–Crippen LogP) is 3.06. The third-order valence-corrected chi connectivity index (χ3v) is 4.53. The van der Waals surface area contributed by atoms with Crippen LogP contribution < -0.4 is 14.8 Å². The summed E-state index contributed by atoms with van der Waals surface area (Å²) in [5, 5.41) is 3.47. The molecule has 0 radical (unpaired) electrons. The molecule has 0 bridgehead atoms. The first-order valence-corrected chi connectivity index (χ1v) is 7.51. The van der Waals surface area contributed by atoms with Gasteiger partial charge in [-0.25, -0.2) is 0 Å². The van der Waals surface area contributed by atoms with Gasteiger partial charge in [-0.3, -0.25) is 0 Å². The Labute approximate surface area is 124 Å². The maximum atomic E-state index is 5.71. The van der Waals surface area contributed by atoms with Gasteiger partial charge in [0, 0.05) is 12.0 Å². The van der Waals surface area contributed by atoms with Gasteiger partial charge in [0.05, 0.1) is 0 Å². The van der Waals surface area contributed by atoms with Gasteiger partial charge in [0.15, 0.2) is 11.5 Å². The van der Waals surface area contributed by atoms with Crippen LogP contribution in [0.15, 0.2) is 42.5 Å². The Bertz CT molecular complexity index is 668. The highest BCUT2D eigenvalue weighted by Crippen LogP contribution is 2.44. The van der Waals surface area contributed by atoms with E-state index in [4.69, 9.17) is 9.47 Å². The van der Waals surface area contributed by atoms with Crippen LogP contribution in [0.1, 0.15) is 28.7 Å². The third kappa shape index (κ3) is 2.09. The van der Waals surface area contributed by atoms with E-state index in [1.165, 1.54) is 16.7 Å². The molecule has 0 saturated heterocycles. The number of nitrogens with one attached hydrogen (secondary N) is 1. The van der Waals surface area contributed by atoms with Crippen molar-refractivity contribution in [3.8, 4) is 11.5 Å². The molecule has 1 heterocycles. The first-order valence-electron chi connectivity index (χ1n) is 7.51. The second-order valence-electron chi connectivity index (χ2n) is 5.68. The summed E-state index contributed by atoms with van der Waals surface area (Å²) in [5.41, 5.74) is 4.20. The van der Waals surface area contributed by atoms with Crippen LogP contribution in [-0.2, 0) is 6.42 Å². The van der Waals surface area contributed by atoms with Crippen molar-refractivity contribution in [1.82, 2.24) is 5.32 Å². The van der Waals surface area contributed by atoms with E-state index in [2.05, 4.69) is 41.7 Å². The molecular formula is C18H19NO2. The molecule has 108 valence electrons. The van der Waals surface area contributed by atoms with Crippen LogP contribution in [-0.4, -0.2) is 20.3 Å². The number of rotatable bonds is 3. The normalized spacial score (nSPS) is 20.3. The number of benzene rings is 2. The van der Waals surface area contributed by atoms with Crippen molar-refractivity contribution in [1.29, 1.82) is 0 Å². The van der Waals surface area contributed by atoms with E-state index < -0.39 is 0 Å². The van der Waals surface area contributed by atoms with Crippen molar-refractivity contribution in [3.05, 3.63) is 59.2 Å². The van der Waals surface area contributed by atoms with E-state index in [-0.39, 0.29) is 0 Å². The molecule has 2 unspecified atom stereocenters. The smallest absolute Gasteiger partial charge is 0.161 e. The van der Waals surface area contributed by atoms with Gasteiger partial charge in [0.2, 0.25) is 0 Å². The zero-order valence-electron chi connectivity index (χ0n) is 12.1. The van der Waals surface area contributed by atoms with Crippen LogP contribution in [0.2, 0.25) is 0 Å². The monoisotopic (exact) mass is 281 g/mol. The number of ether oxygens (including phenoxy) is 2. The largest absolute Gasteiger partial charge is 0.486 e. The highest BCUT2D eigenvalue weighted by molar-refractivity contribution is 5.48. The average molecular weight is 281 g/mol. The molecule has 4 rings (SSSR count). The van der Waals surface area contributed by atoms with E-state index >= 15 is 0 Å². The minimum Gasteiger partial charge on any atom is -0.486 e. The van der Waals surface area contributed by atoms with Gasteiger partial charge in [0.25, 0.3) is 0 Å². The number of likely N-dealkylation sites (N-methyl/N-ethyl adjacent to an activating group) is 1. The fraction of sp³-hybridized carbons (Fsp3) is 0.333. The molecule has 1 aliphatic carbocycles. The Balaban J connectivity index is 1.65. The van der Waals surface area contributed by atoms with Crippen LogP contribution >= 0.6 is 0 Å². The highest BCUT2D eigenvalue weighted by Gasteiger charge is 2.33. The van der Waals surface area contributed by atoms with Crippen LogP contribution in [0.3, 0.4) is 0 Å². The van der Waals surface area contributed by atoms with Gasteiger partial charge >= 0.3 is 0 Å². The zero-order valence-corrected chi connectivity index (χ0v) is 12.1. The Kier molecular flexibility index (Phi) is 3.08. The minimum atomic E-state index is 0.315. The third-order valence-electron chi connectivity index (χ3n) is 4.53. The van der Waals surface area contributed by atoms with Crippen LogP contribution in [0, 0.1) is 0 Å². The summed E-state index contributed by atoms with van der Waals surface area (Å²) < 4.78 is 11.3. The van der Waals surface area contributed by atoms with Crippen LogP contribution in [0.5, 0.6) is 11.5 Å². The molecular weight excluding hydrogens is 262 g/mol. The summed E-state index contributed by atoms with van der Waals surface area (Å²) >= 11 is 0. The summed E-state index contributed by atoms with van der Waals surface area (Å²) in [4.78, 5) is 0.